The summed E-state index contributed by atoms with van der Waals surface area (Å²) in [6.07, 6.45) is 2.12. The molecule has 1 fully saturated rings. The molecule has 0 radical (unpaired) electrons. The van der Waals surface area contributed by atoms with Gasteiger partial charge < -0.3 is 10.1 Å². The van der Waals surface area contributed by atoms with E-state index in [-0.39, 0.29) is 29.3 Å². The van der Waals surface area contributed by atoms with E-state index in [0.717, 1.165) is 18.4 Å². The molecule has 20 heavy (non-hydrogen) atoms. The maximum atomic E-state index is 12.3. The third-order valence-corrected chi connectivity index (χ3v) is 4.36. The highest BCUT2D eigenvalue weighted by Gasteiger charge is 2.34. The quantitative estimate of drug-likeness (QED) is 0.863. The van der Waals surface area contributed by atoms with E-state index in [9.17, 15) is 9.59 Å². The first kappa shape index (κ1) is 13.4. The average Bonchev–Trinajstić information content (AvgIpc) is 2.76. The predicted octanol–water partition coefficient (Wildman–Crippen LogP) is 1.61. The maximum Gasteiger partial charge on any atom is 0.269 e. The van der Waals surface area contributed by atoms with Crippen molar-refractivity contribution in [2.75, 3.05) is 18.5 Å². The van der Waals surface area contributed by atoms with Crippen LogP contribution in [0.15, 0.2) is 4.79 Å². The second kappa shape index (κ2) is 5.09. The van der Waals surface area contributed by atoms with Crippen molar-refractivity contribution in [3.63, 3.8) is 0 Å². The third-order valence-electron chi connectivity index (χ3n) is 4.36. The molecular formula is C14H21N3O3. The Morgan fingerprint density at radius 1 is 1.25 bits per heavy atom. The number of fused-ring (bicyclic) bond motifs is 1. The number of amides is 1. The topological polar surface area (TPSA) is 76.1 Å². The van der Waals surface area contributed by atoms with Gasteiger partial charge in [0.25, 0.3) is 5.56 Å². The van der Waals surface area contributed by atoms with Crippen LogP contribution >= 0.6 is 0 Å². The van der Waals surface area contributed by atoms with E-state index in [1.54, 1.807) is 0 Å². The molecule has 6 nitrogen and oxygen atoms in total. The van der Waals surface area contributed by atoms with Gasteiger partial charge in [0.15, 0.2) is 0 Å². The van der Waals surface area contributed by atoms with Crippen LogP contribution in [0.25, 0.3) is 0 Å². The molecule has 0 unspecified atom stereocenters. The number of hydrogen-bond donors (Lipinski definition) is 2. The van der Waals surface area contributed by atoms with Crippen LogP contribution in [0.1, 0.15) is 50.6 Å². The van der Waals surface area contributed by atoms with Crippen LogP contribution < -0.4 is 10.9 Å². The highest BCUT2D eigenvalue weighted by molar-refractivity contribution is 5.93. The summed E-state index contributed by atoms with van der Waals surface area (Å²) in [5.41, 5.74) is 0.677. The van der Waals surface area contributed by atoms with Gasteiger partial charge in [0.05, 0.1) is 11.6 Å². The fourth-order valence-corrected chi connectivity index (χ4v) is 3.21. The number of ether oxygens (including phenoxy) is 1. The van der Waals surface area contributed by atoms with Crippen LogP contribution in [0.5, 0.6) is 0 Å². The molecule has 2 aliphatic heterocycles. The van der Waals surface area contributed by atoms with Crippen molar-refractivity contribution in [1.82, 2.24) is 9.78 Å². The fraction of sp³-hybridized carbons (Fsp3) is 0.714. The summed E-state index contributed by atoms with van der Waals surface area (Å²) in [4.78, 5) is 24.2. The van der Waals surface area contributed by atoms with Crippen molar-refractivity contribution in [2.45, 2.75) is 45.1 Å². The largest absolute Gasteiger partial charge is 0.381 e. The highest BCUT2D eigenvalue weighted by atomic mass is 16.5. The number of hydrogen-bond acceptors (Lipinski definition) is 3. The maximum absolute atomic E-state index is 12.3. The first-order valence-corrected chi connectivity index (χ1v) is 7.30. The summed E-state index contributed by atoms with van der Waals surface area (Å²) in [7, 11) is 0. The summed E-state index contributed by atoms with van der Waals surface area (Å²) in [5, 5.41) is 5.80. The minimum atomic E-state index is -0.0646. The smallest absolute Gasteiger partial charge is 0.269 e. The number of aromatic nitrogens is 2. The minimum Gasteiger partial charge on any atom is -0.381 e. The summed E-state index contributed by atoms with van der Waals surface area (Å²) < 4.78 is 7.21. The zero-order valence-corrected chi connectivity index (χ0v) is 11.9. The van der Waals surface area contributed by atoms with Crippen LogP contribution in [0.4, 0.5) is 5.82 Å². The number of rotatable bonds is 2. The molecule has 2 aliphatic rings. The van der Waals surface area contributed by atoms with Gasteiger partial charge in [-0.2, -0.15) is 0 Å². The molecule has 6 heteroatoms. The molecule has 110 valence electrons. The number of nitrogens with one attached hydrogen (secondary N) is 2. The monoisotopic (exact) mass is 279 g/mol. The van der Waals surface area contributed by atoms with Gasteiger partial charge in [0.1, 0.15) is 5.82 Å². The first-order chi connectivity index (χ1) is 9.58. The van der Waals surface area contributed by atoms with Gasteiger partial charge >= 0.3 is 0 Å². The third kappa shape index (κ3) is 2.18. The Kier molecular flexibility index (Phi) is 3.41. The molecule has 0 spiro atoms. The predicted molar refractivity (Wildman–Crippen MR) is 75.0 cm³/mol. The zero-order valence-electron chi connectivity index (χ0n) is 11.9. The highest BCUT2D eigenvalue weighted by Crippen LogP contribution is 2.37. The molecule has 1 aromatic rings. The Bertz CT molecular complexity index is 567. The van der Waals surface area contributed by atoms with E-state index in [0.29, 0.717) is 25.5 Å². The van der Waals surface area contributed by atoms with Crippen molar-refractivity contribution < 1.29 is 9.53 Å². The van der Waals surface area contributed by atoms with Crippen molar-refractivity contribution in [3.05, 3.63) is 15.9 Å². The van der Waals surface area contributed by atoms with Gasteiger partial charge in [-0.15, -0.1) is 0 Å². The molecule has 0 saturated carbocycles. The van der Waals surface area contributed by atoms with Crippen molar-refractivity contribution in [1.29, 1.82) is 0 Å². The number of nitrogens with zero attached hydrogens (tertiary/aromatic N) is 1. The lowest BCUT2D eigenvalue weighted by atomic mass is 9.84. The van der Waals surface area contributed by atoms with Gasteiger partial charge in [0, 0.05) is 25.6 Å². The van der Waals surface area contributed by atoms with Crippen LogP contribution in [0.3, 0.4) is 0 Å². The molecule has 3 rings (SSSR count). The van der Waals surface area contributed by atoms with E-state index < -0.39 is 0 Å². The summed E-state index contributed by atoms with van der Waals surface area (Å²) >= 11 is 0. The second-order valence-corrected chi connectivity index (χ2v) is 6.02. The summed E-state index contributed by atoms with van der Waals surface area (Å²) in [5.74, 6) is 0.947. The molecular weight excluding hydrogens is 258 g/mol. The number of anilines is 1. The lowest BCUT2D eigenvalue weighted by Gasteiger charge is -2.29. The normalized spacial score (nSPS) is 23.8. The number of H-pyrrole nitrogens is 1. The lowest BCUT2D eigenvalue weighted by Crippen LogP contribution is -2.29. The Balaban J connectivity index is 2.04. The Morgan fingerprint density at radius 2 is 1.95 bits per heavy atom. The van der Waals surface area contributed by atoms with Crippen molar-refractivity contribution in [3.8, 4) is 0 Å². The number of aromatic amines is 1. The van der Waals surface area contributed by atoms with Gasteiger partial charge in [0.2, 0.25) is 5.91 Å². The number of carbonyl (C=O) groups excluding carboxylic acids is 1. The van der Waals surface area contributed by atoms with Gasteiger partial charge in [-0.3, -0.25) is 19.4 Å². The van der Waals surface area contributed by atoms with Crippen LogP contribution in [-0.4, -0.2) is 28.9 Å². The Hall–Kier alpha value is -1.56. The summed E-state index contributed by atoms with van der Waals surface area (Å²) in [6, 6.07) is 0.200. The molecule has 0 aromatic carbocycles. The van der Waals surface area contributed by atoms with E-state index in [2.05, 4.69) is 24.3 Å². The molecule has 1 amide bonds. The van der Waals surface area contributed by atoms with Crippen LogP contribution in [0, 0.1) is 5.92 Å². The molecule has 1 saturated heterocycles. The van der Waals surface area contributed by atoms with Crippen LogP contribution in [0.2, 0.25) is 0 Å². The molecule has 3 heterocycles. The van der Waals surface area contributed by atoms with E-state index in [1.165, 1.54) is 0 Å². The molecule has 1 aromatic heterocycles. The second-order valence-electron chi connectivity index (χ2n) is 6.02. The molecule has 0 aliphatic carbocycles. The van der Waals surface area contributed by atoms with E-state index in [4.69, 9.17) is 4.74 Å². The van der Waals surface area contributed by atoms with Crippen LogP contribution in [-0.2, 0) is 9.53 Å². The summed E-state index contributed by atoms with van der Waals surface area (Å²) in [6.45, 7) is 5.50. The molecule has 1 atom stereocenters. The average molecular weight is 279 g/mol. The standard InChI is InChI=1S/C14H21N3O3/c1-8(2)10-7-11(18)15-13-12(10)14(19)16-17(13)9-3-5-20-6-4-9/h8-10H,3-7H2,1-2H3,(H,15,18)(H,16,19)/t10-/m1/s1. The SMILES string of the molecule is CC(C)[C@H]1CC(=O)Nc2c1c(=O)[nH]n2C1CCOCC1. The molecule has 2 N–H and O–H groups in total. The van der Waals surface area contributed by atoms with Gasteiger partial charge in [-0.1, -0.05) is 13.8 Å². The lowest BCUT2D eigenvalue weighted by molar-refractivity contribution is -0.117. The Morgan fingerprint density at radius 3 is 2.60 bits per heavy atom. The molecule has 0 bridgehead atoms. The Labute approximate surface area is 117 Å². The first-order valence-electron chi connectivity index (χ1n) is 7.30. The minimum absolute atomic E-state index is 0.00332. The zero-order chi connectivity index (χ0) is 14.3. The van der Waals surface area contributed by atoms with Crippen molar-refractivity contribution >= 4 is 11.7 Å². The van der Waals surface area contributed by atoms with E-state index in [1.807, 2.05) is 4.68 Å². The fourth-order valence-electron chi connectivity index (χ4n) is 3.21. The van der Waals surface area contributed by atoms with Gasteiger partial charge in [-0.05, 0) is 18.8 Å². The van der Waals surface area contributed by atoms with E-state index >= 15 is 0 Å². The van der Waals surface area contributed by atoms with Crippen molar-refractivity contribution in [2.24, 2.45) is 5.92 Å². The number of carbonyl (C=O) groups is 1. The van der Waals surface area contributed by atoms with Gasteiger partial charge in [-0.25, -0.2) is 0 Å².